The zero-order valence-electron chi connectivity index (χ0n) is 8.92. The molecular weight excluding hydrogens is 192 g/mol. The maximum atomic E-state index is 4.33. The lowest BCUT2D eigenvalue weighted by atomic mass is 9.93. The second kappa shape index (κ2) is 3.38. The highest BCUT2D eigenvalue weighted by Crippen LogP contribution is 2.18. The van der Waals surface area contributed by atoms with Crippen LogP contribution < -0.4 is 0 Å². The zero-order chi connectivity index (χ0) is 10.9. The number of hydrogen-bond acceptors (Lipinski definition) is 5. The normalized spacial score (nSPS) is 11.7. The molecule has 0 amide bonds. The highest BCUT2D eigenvalue weighted by atomic mass is 15.5. The van der Waals surface area contributed by atoms with Crippen LogP contribution in [0, 0.1) is 0 Å². The van der Waals surface area contributed by atoms with Gasteiger partial charge in [0.15, 0.2) is 5.82 Å². The number of tetrazole rings is 1. The molecule has 0 aliphatic carbocycles. The molecule has 6 nitrogen and oxygen atoms in total. The molecule has 6 heteroatoms. The lowest BCUT2D eigenvalue weighted by molar-refractivity contribution is 0.564. The fraction of sp³-hybridized carbons (Fsp3) is 0.444. The summed E-state index contributed by atoms with van der Waals surface area (Å²) in [6.45, 7) is 6.27. The Morgan fingerprint density at radius 2 is 1.93 bits per heavy atom. The van der Waals surface area contributed by atoms with Crippen LogP contribution in [0.15, 0.2) is 18.7 Å². The second-order valence-electron chi connectivity index (χ2n) is 4.26. The SMILES string of the molecule is CC(C)(C)c1cnc(-n2cnnn2)cn1. The molecule has 0 fully saturated rings. The lowest BCUT2D eigenvalue weighted by Gasteiger charge is -2.16. The van der Waals surface area contributed by atoms with E-state index in [1.54, 1.807) is 12.4 Å². The molecule has 2 heterocycles. The van der Waals surface area contributed by atoms with Crippen molar-refractivity contribution in [2.75, 3.05) is 0 Å². The first-order valence-electron chi connectivity index (χ1n) is 4.63. The van der Waals surface area contributed by atoms with Crippen molar-refractivity contribution in [3.8, 4) is 5.82 Å². The molecule has 0 aromatic carbocycles. The molecule has 78 valence electrons. The van der Waals surface area contributed by atoms with Gasteiger partial charge in [0.05, 0.1) is 18.1 Å². The molecule has 0 aliphatic heterocycles. The second-order valence-corrected chi connectivity index (χ2v) is 4.26. The molecule has 0 saturated carbocycles. The molecular formula is C9H12N6. The van der Waals surface area contributed by atoms with Crippen LogP contribution in [-0.4, -0.2) is 30.2 Å². The number of hydrogen-bond donors (Lipinski definition) is 0. The summed E-state index contributed by atoms with van der Waals surface area (Å²) in [5.41, 5.74) is 0.950. The summed E-state index contributed by atoms with van der Waals surface area (Å²) in [6, 6.07) is 0. The van der Waals surface area contributed by atoms with Crippen molar-refractivity contribution in [2.24, 2.45) is 0 Å². The Hall–Kier alpha value is -1.85. The van der Waals surface area contributed by atoms with Gasteiger partial charge in [-0.1, -0.05) is 20.8 Å². The smallest absolute Gasteiger partial charge is 0.175 e. The maximum Gasteiger partial charge on any atom is 0.175 e. The highest BCUT2D eigenvalue weighted by molar-refractivity contribution is 5.18. The van der Waals surface area contributed by atoms with E-state index < -0.39 is 0 Å². The fourth-order valence-corrected chi connectivity index (χ4v) is 1.09. The summed E-state index contributed by atoms with van der Waals surface area (Å²) < 4.78 is 1.47. The van der Waals surface area contributed by atoms with E-state index in [9.17, 15) is 0 Å². The molecule has 0 radical (unpaired) electrons. The summed E-state index contributed by atoms with van der Waals surface area (Å²) >= 11 is 0. The number of nitrogens with zero attached hydrogens (tertiary/aromatic N) is 6. The Bertz CT molecular complexity index is 425. The van der Waals surface area contributed by atoms with Crippen molar-refractivity contribution in [2.45, 2.75) is 26.2 Å². The quantitative estimate of drug-likeness (QED) is 0.685. The van der Waals surface area contributed by atoms with E-state index in [0.717, 1.165) is 5.69 Å². The summed E-state index contributed by atoms with van der Waals surface area (Å²) in [5, 5.41) is 10.8. The van der Waals surface area contributed by atoms with Gasteiger partial charge in [-0.2, -0.15) is 4.68 Å². The van der Waals surface area contributed by atoms with Crippen LogP contribution in [0.5, 0.6) is 0 Å². The standard InChI is InChI=1S/C9H12N6/c1-9(2,3)7-4-11-8(5-10-7)15-6-12-13-14-15/h4-6H,1-3H3. The predicted octanol–water partition coefficient (Wildman–Crippen LogP) is 0.750. The molecule has 2 aromatic heterocycles. The predicted molar refractivity (Wildman–Crippen MR) is 53.4 cm³/mol. The Balaban J connectivity index is 2.33. The van der Waals surface area contributed by atoms with Crippen LogP contribution in [0.1, 0.15) is 26.5 Å². The van der Waals surface area contributed by atoms with Gasteiger partial charge in [-0.25, -0.2) is 4.98 Å². The lowest BCUT2D eigenvalue weighted by Crippen LogP contribution is -2.14. The zero-order valence-corrected chi connectivity index (χ0v) is 8.92. The van der Waals surface area contributed by atoms with Crippen molar-refractivity contribution in [1.82, 2.24) is 30.2 Å². The molecule has 0 N–H and O–H groups in total. The Labute approximate surface area is 87.4 Å². The summed E-state index contributed by atoms with van der Waals surface area (Å²) in [6.07, 6.45) is 4.90. The van der Waals surface area contributed by atoms with Crippen LogP contribution in [0.3, 0.4) is 0 Å². The van der Waals surface area contributed by atoms with Gasteiger partial charge in [-0.05, 0) is 10.4 Å². The van der Waals surface area contributed by atoms with Gasteiger partial charge in [0, 0.05) is 5.41 Å². The van der Waals surface area contributed by atoms with E-state index in [1.807, 2.05) is 0 Å². The molecule has 0 spiro atoms. The third-order valence-corrected chi connectivity index (χ3v) is 1.99. The molecule has 0 bridgehead atoms. The third-order valence-electron chi connectivity index (χ3n) is 1.99. The number of aromatic nitrogens is 6. The van der Waals surface area contributed by atoms with E-state index in [4.69, 9.17) is 0 Å². The van der Waals surface area contributed by atoms with Crippen LogP contribution in [-0.2, 0) is 5.41 Å². The van der Waals surface area contributed by atoms with Gasteiger partial charge in [0.1, 0.15) is 6.33 Å². The molecule has 2 aromatic rings. The van der Waals surface area contributed by atoms with Gasteiger partial charge >= 0.3 is 0 Å². The Morgan fingerprint density at radius 1 is 1.13 bits per heavy atom. The minimum Gasteiger partial charge on any atom is -0.255 e. The highest BCUT2D eigenvalue weighted by Gasteiger charge is 2.15. The molecule has 0 unspecified atom stereocenters. The Morgan fingerprint density at radius 3 is 2.40 bits per heavy atom. The van der Waals surface area contributed by atoms with Gasteiger partial charge in [-0.15, -0.1) is 5.10 Å². The summed E-state index contributed by atoms with van der Waals surface area (Å²) in [4.78, 5) is 8.57. The molecule has 15 heavy (non-hydrogen) atoms. The first-order valence-corrected chi connectivity index (χ1v) is 4.63. The van der Waals surface area contributed by atoms with Crippen LogP contribution in [0.4, 0.5) is 0 Å². The number of rotatable bonds is 1. The van der Waals surface area contributed by atoms with Crippen molar-refractivity contribution in [1.29, 1.82) is 0 Å². The van der Waals surface area contributed by atoms with Crippen LogP contribution in [0.2, 0.25) is 0 Å². The van der Waals surface area contributed by atoms with E-state index in [0.29, 0.717) is 5.82 Å². The van der Waals surface area contributed by atoms with Crippen molar-refractivity contribution in [3.05, 3.63) is 24.4 Å². The van der Waals surface area contributed by atoms with Crippen molar-refractivity contribution >= 4 is 0 Å². The third kappa shape index (κ3) is 1.98. The summed E-state index contributed by atoms with van der Waals surface area (Å²) in [7, 11) is 0. The van der Waals surface area contributed by atoms with E-state index in [1.165, 1.54) is 11.0 Å². The topological polar surface area (TPSA) is 69.4 Å². The van der Waals surface area contributed by atoms with Crippen molar-refractivity contribution < 1.29 is 0 Å². The van der Waals surface area contributed by atoms with E-state index >= 15 is 0 Å². The monoisotopic (exact) mass is 204 g/mol. The molecule has 2 rings (SSSR count). The minimum absolute atomic E-state index is 0.00610. The van der Waals surface area contributed by atoms with Gasteiger partial charge in [0.25, 0.3) is 0 Å². The molecule has 0 atom stereocenters. The van der Waals surface area contributed by atoms with Gasteiger partial charge < -0.3 is 0 Å². The first kappa shape index (κ1) is 9.70. The van der Waals surface area contributed by atoms with Crippen molar-refractivity contribution in [3.63, 3.8) is 0 Å². The Kier molecular flexibility index (Phi) is 2.18. The average Bonchev–Trinajstić information content (AvgIpc) is 2.69. The average molecular weight is 204 g/mol. The van der Waals surface area contributed by atoms with E-state index in [-0.39, 0.29) is 5.41 Å². The van der Waals surface area contributed by atoms with Gasteiger partial charge in [-0.3, -0.25) is 4.98 Å². The van der Waals surface area contributed by atoms with Crippen LogP contribution in [0.25, 0.3) is 5.82 Å². The molecule has 0 saturated heterocycles. The fourth-order valence-electron chi connectivity index (χ4n) is 1.09. The maximum absolute atomic E-state index is 4.33. The largest absolute Gasteiger partial charge is 0.255 e. The first-order chi connectivity index (χ1) is 7.07. The summed E-state index contributed by atoms with van der Waals surface area (Å²) in [5.74, 6) is 0.619. The van der Waals surface area contributed by atoms with Crippen LogP contribution >= 0.6 is 0 Å². The van der Waals surface area contributed by atoms with Gasteiger partial charge in [0.2, 0.25) is 0 Å². The molecule has 0 aliphatic rings. The minimum atomic E-state index is 0.00610. The van der Waals surface area contributed by atoms with E-state index in [2.05, 4.69) is 46.3 Å².